The van der Waals surface area contributed by atoms with Crippen LogP contribution in [0, 0.1) is 0 Å². The van der Waals surface area contributed by atoms with E-state index in [1.54, 1.807) is 7.05 Å². The maximum Gasteiger partial charge on any atom is 0.241 e. The molecule has 5 heteroatoms. The molecule has 0 atom stereocenters. The molecule has 9 heavy (non-hydrogen) atoms. The molecule has 5 nitrogen and oxygen atoms in total. The second-order valence-electron chi connectivity index (χ2n) is 1.51. The molecule has 0 saturated carbocycles. The lowest BCUT2D eigenvalue weighted by Crippen LogP contribution is -1.89. The van der Waals surface area contributed by atoms with Crippen LogP contribution in [-0.4, -0.2) is 27.3 Å². The predicted octanol–water partition coefficient (Wildman–Crippen LogP) is -0.661. The Morgan fingerprint density at radius 1 is 1.78 bits per heavy atom. The number of rotatable bonds is 2. The normalized spacial score (nSPS) is 9.56. The first-order valence-electron chi connectivity index (χ1n) is 2.56. The van der Waals surface area contributed by atoms with E-state index in [0.29, 0.717) is 11.8 Å². The van der Waals surface area contributed by atoms with Gasteiger partial charge in [0.05, 0.1) is 0 Å². The van der Waals surface area contributed by atoms with E-state index in [1.807, 2.05) is 0 Å². The van der Waals surface area contributed by atoms with Gasteiger partial charge in [0.1, 0.15) is 6.61 Å². The van der Waals surface area contributed by atoms with Gasteiger partial charge in [0.25, 0.3) is 0 Å². The first kappa shape index (κ1) is 6.03. The summed E-state index contributed by atoms with van der Waals surface area (Å²) in [5, 5.41) is 17.4. The number of anilines is 1. The molecule has 0 unspecified atom stereocenters. The van der Waals surface area contributed by atoms with Crippen LogP contribution >= 0.6 is 0 Å². The SMILES string of the molecule is CNc1n[nH]c(CO)n1. The number of aliphatic hydroxyl groups excluding tert-OH is 1. The van der Waals surface area contributed by atoms with Gasteiger partial charge in [-0.1, -0.05) is 0 Å². The zero-order valence-corrected chi connectivity index (χ0v) is 5.05. The smallest absolute Gasteiger partial charge is 0.241 e. The van der Waals surface area contributed by atoms with Gasteiger partial charge in [-0.2, -0.15) is 4.98 Å². The number of hydrogen-bond acceptors (Lipinski definition) is 4. The van der Waals surface area contributed by atoms with Crippen molar-refractivity contribution in [3.8, 4) is 0 Å². The quantitative estimate of drug-likeness (QED) is 0.494. The van der Waals surface area contributed by atoms with E-state index in [9.17, 15) is 0 Å². The fourth-order valence-corrected chi connectivity index (χ4v) is 0.478. The van der Waals surface area contributed by atoms with Crippen LogP contribution in [0.1, 0.15) is 5.82 Å². The molecule has 50 valence electrons. The Balaban J connectivity index is 2.74. The Bertz CT molecular complexity index is 166. The van der Waals surface area contributed by atoms with E-state index < -0.39 is 0 Å². The maximum atomic E-state index is 8.48. The molecule has 1 aromatic heterocycles. The maximum absolute atomic E-state index is 8.48. The molecule has 0 aliphatic carbocycles. The summed E-state index contributed by atoms with van der Waals surface area (Å²) >= 11 is 0. The van der Waals surface area contributed by atoms with Crippen LogP contribution in [0.15, 0.2) is 0 Å². The lowest BCUT2D eigenvalue weighted by atomic mass is 10.7. The van der Waals surface area contributed by atoms with Crippen molar-refractivity contribution in [1.82, 2.24) is 15.2 Å². The largest absolute Gasteiger partial charge is 0.388 e. The first-order chi connectivity index (χ1) is 4.36. The van der Waals surface area contributed by atoms with E-state index in [2.05, 4.69) is 20.5 Å². The number of hydrogen-bond donors (Lipinski definition) is 3. The zero-order valence-electron chi connectivity index (χ0n) is 5.05. The van der Waals surface area contributed by atoms with Crippen molar-refractivity contribution in [3.05, 3.63) is 5.82 Å². The third-order valence-electron chi connectivity index (χ3n) is 0.905. The van der Waals surface area contributed by atoms with Gasteiger partial charge in [-0.05, 0) is 0 Å². The van der Waals surface area contributed by atoms with Crippen molar-refractivity contribution in [2.24, 2.45) is 0 Å². The second-order valence-corrected chi connectivity index (χ2v) is 1.51. The number of H-pyrrole nitrogens is 1. The Morgan fingerprint density at radius 2 is 2.56 bits per heavy atom. The molecular weight excluding hydrogens is 120 g/mol. The Hall–Kier alpha value is -1.10. The highest BCUT2D eigenvalue weighted by atomic mass is 16.3. The monoisotopic (exact) mass is 128 g/mol. The van der Waals surface area contributed by atoms with Crippen LogP contribution in [-0.2, 0) is 6.61 Å². The minimum atomic E-state index is -0.103. The number of aromatic amines is 1. The minimum absolute atomic E-state index is 0.103. The molecule has 1 heterocycles. The number of nitrogens with zero attached hydrogens (tertiary/aromatic N) is 2. The number of aliphatic hydroxyl groups is 1. The average molecular weight is 128 g/mol. The molecule has 0 fully saturated rings. The van der Waals surface area contributed by atoms with Crippen LogP contribution in [0.2, 0.25) is 0 Å². The fourth-order valence-electron chi connectivity index (χ4n) is 0.478. The van der Waals surface area contributed by atoms with Crippen molar-refractivity contribution < 1.29 is 5.11 Å². The van der Waals surface area contributed by atoms with E-state index in [1.165, 1.54) is 0 Å². The van der Waals surface area contributed by atoms with E-state index in [-0.39, 0.29) is 6.61 Å². The van der Waals surface area contributed by atoms with Gasteiger partial charge >= 0.3 is 0 Å². The van der Waals surface area contributed by atoms with Crippen molar-refractivity contribution in [3.63, 3.8) is 0 Å². The molecule has 0 spiro atoms. The molecule has 0 aromatic carbocycles. The number of aromatic nitrogens is 3. The van der Waals surface area contributed by atoms with E-state index in [4.69, 9.17) is 5.11 Å². The lowest BCUT2D eigenvalue weighted by Gasteiger charge is -1.84. The fraction of sp³-hybridized carbons (Fsp3) is 0.500. The average Bonchev–Trinajstić information content (AvgIpc) is 2.34. The van der Waals surface area contributed by atoms with Crippen LogP contribution in [0.5, 0.6) is 0 Å². The second kappa shape index (κ2) is 2.45. The Morgan fingerprint density at radius 3 is 2.89 bits per heavy atom. The minimum Gasteiger partial charge on any atom is -0.388 e. The topological polar surface area (TPSA) is 73.8 Å². The summed E-state index contributed by atoms with van der Waals surface area (Å²) < 4.78 is 0. The lowest BCUT2D eigenvalue weighted by molar-refractivity contribution is 0.272. The first-order valence-corrected chi connectivity index (χ1v) is 2.56. The summed E-state index contributed by atoms with van der Waals surface area (Å²) in [6.45, 7) is -0.103. The van der Waals surface area contributed by atoms with Gasteiger partial charge < -0.3 is 10.4 Å². The van der Waals surface area contributed by atoms with Gasteiger partial charge in [0.2, 0.25) is 5.95 Å². The predicted molar refractivity (Wildman–Crippen MR) is 31.9 cm³/mol. The zero-order chi connectivity index (χ0) is 6.69. The Labute approximate surface area is 52.1 Å². The van der Waals surface area contributed by atoms with Crippen molar-refractivity contribution >= 4 is 5.95 Å². The van der Waals surface area contributed by atoms with Crippen molar-refractivity contribution in [2.45, 2.75) is 6.61 Å². The van der Waals surface area contributed by atoms with Crippen molar-refractivity contribution in [1.29, 1.82) is 0 Å². The molecule has 0 aliphatic heterocycles. The highest BCUT2D eigenvalue weighted by molar-refractivity contribution is 5.20. The molecule has 0 aliphatic rings. The van der Waals surface area contributed by atoms with Gasteiger partial charge in [0.15, 0.2) is 5.82 Å². The van der Waals surface area contributed by atoms with Gasteiger partial charge in [0, 0.05) is 7.05 Å². The summed E-state index contributed by atoms with van der Waals surface area (Å²) in [7, 11) is 1.71. The van der Waals surface area contributed by atoms with Gasteiger partial charge in [-0.3, -0.25) is 5.10 Å². The van der Waals surface area contributed by atoms with Gasteiger partial charge in [-0.15, -0.1) is 5.10 Å². The third kappa shape index (κ3) is 1.17. The van der Waals surface area contributed by atoms with E-state index >= 15 is 0 Å². The Kier molecular flexibility index (Phi) is 1.64. The molecule has 3 N–H and O–H groups in total. The molecule has 1 aromatic rings. The molecule has 0 bridgehead atoms. The summed E-state index contributed by atoms with van der Waals surface area (Å²) in [4.78, 5) is 3.82. The highest BCUT2D eigenvalue weighted by Crippen LogP contribution is 1.94. The molecule has 1 rings (SSSR count). The highest BCUT2D eigenvalue weighted by Gasteiger charge is 1.96. The molecule has 0 radical (unpaired) electrons. The molecular formula is C4H8N4O. The summed E-state index contributed by atoms with van der Waals surface area (Å²) in [5.74, 6) is 0.971. The summed E-state index contributed by atoms with van der Waals surface area (Å²) in [6, 6.07) is 0. The summed E-state index contributed by atoms with van der Waals surface area (Å²) in [5.41, 5.74) is 0. The van der Waals surface area contributed by atoms with Gasteiger partial charge in [-0.25, -0.2) is 0 Å². The number of nitrogens with one attached hydrogen (secondary N) is 2. The molecule has 0 amide bonds. The van der Waals surface area contributed by atoms with Crippen LogP contribution in [0.25, 0.3) is 0 Å². The van der Waals surface area contributed by atoms with Crippen LogP contribution in [0.3, 0.4) is 0 Å². The van der Waals surface area contributed by atoms with Crippen molar-refractivity contribution in [2.75, 3.05) is 12.4 Å². The summed E-state index contributed by atoms with van der Waals surface area (Å²) in [6.07, 6.45) is 0. The van der Waals surface area contributed by atoms with E-state index in [0.717, 1.165) is 0 Å². The molecule has 0 saturated heterocycles. The van der Waals surface area contributed by atoms with Crippen LogP contribution in [0.4, 0.5) is 5.95 Å². The third-order valence-corrected chi connectivity index (χ3v) is 0.905. The standard InChI is InChI=1S/C4H8N4O/c1-5-4-6-3(2-9)7-8-4/h9H,2H2,1H3,(H2,5,6,7,8). The van der Waals surface area contributed by atoms with Crippen LogP contribution < -0.4 is 5.32 Å².